The smallest absolute Gasteiger partial charge is 0.276 e. The largest absolute Gasteiger partial charge is 0.377 e. The van der Waals surface area contributed by atoms with Gasteiger partial charge in [0.05, 0.1) is 6.10 Å². The Bertz CT molecular complexity index is 810. The predicted octanol–water partition coefficient (Wildman–Crippen LogP) is 2.27. The minimum Gasteiger partial charge on any atom is -0.377 e. The normalized spacial score (nSPS) is 25.4. The van der Waals surface area contributed by atoms with Crippen LogP contribution in [-0.4, -0.2) is 53.4 Å². The van der Waals surface area contributed by atoms with E-state index in [2.05, 4.69) is 44.6 Å². The van der Waals surface area contributed by atoms with Gasteiger partial charge in [0.1, 0.15) is 5.69 Å². The van der Waals surface area contributed by atoms with Gasteiger partial charge in [0.15, 0.2) is 11.8 Å². The average Bonchev–Trinajstić information content (AvgIpc) is 3.33. The molecule has 1 saturated heterocycles. The molecule has 1 aliphatic heterocycles. The van der Waals surface area contributed by atoms with Crippen LogP contribution in [0.15, 0.2) is 33.9 Å². The zero-order chi connectivity index (χ0) is 18.9. The van der Waals surface area contributed by atoms with Gasteiger partial charge in [-0.2, -0.15) is 4.98 Å². The monoisotopic (exact) mass is 498 g/mol. The summed E-state index contributed by atoms with van der Waals surface area (Å²) < 4.78 is 11.1. The van der Waals surface area contributed by atoms with Gasteiger partial charge in [-0.1, -0.05) is 25.1 Å². The number of halogens is 1. The fourth-order valence-corrected chi connectivity index (χ4v) is 4.20. The highest BCUT2D eigenvalue weighted by molar-refractivity contribution is 14.0. The van der Waals surface area contributed by atoms with Crippen LogP contribution in [0.5, 0.6) is 0 Å². The maximum Gasteiger partial charge on any atom is 0.276 e. The Kier molecular flexibility index (Phi) is 6.54. The molecule has 0 radical (unpaired) electrons. The van der Waals surface area contributed by atoms with Crippen LogP contribution in [-0.2, 0) is 11.2 Å². The van der Waals surface area contributed by atoms with Gasteiger partial charge in [0.2, 0.25) is 0 Å². The van der Waals surface area contributed by atoms with Crippen LogP contribution in [0.25, 0.3) is 11.6 Å². The molecule has 0 bridgehead atoms. The Morgan fingerprint density at radius 1 is 1.36 bits per heavy atom. The molecule has 1 aliphatic carbocycles. The summed E-state index contributed by atoms with van der Waals surface area (Å²) in [5.74, 6) is 2.45. The van der Waals surface area contributed by atoms with Crippen molar-refractivity contribution in [1.82, 2.24) is 25.8 Å². The minimum atomic E-state index is 0. The van der Waals surface area contributed by atoms with Gasteiger partial charge >= 0.3 is 0 Å². The first-order valence-corrected chi connectivity index (χ1v) is 9.42. The molecule has 1 saturated carbocycles. The Hall–Kier alpha value is -1.75. The molecule has 0 amide bonds. The van der Waals surface area contributed by atoms with Crippen molar-refractivity contribution in [3.05, 3.63) is 30.2 Å². The molecule has 9 heteroatoms. The molecule has 2 N–H and O–H groups in total. The van der Waals surface area contributed by atoms with Gasteiger partial charge in [-0.3, -0.25) is 9.98 Å². The molecular formula is C19H27IN6O2. The number of aliphatic imine (C=N–C) groups is 1. The van der Waals surface area contributed by atoms with Crippen molar-refractivity contribution in [3.63, 3.8) is 0 Å². The third-order valence-electron chi connectivity index (χ3n) is 5.61. The van der Waals surface area contributed by atoms with E-state index in [4.69, 9.17) is 9.26 Å². The number of hydrogen-bond acceptors (Lipinski definition) is 6. The third-order valence-corrected chi connectivity index (χ3v) is 5.61. The van der Waals surface area contributed by atoms with E-state index in [1.807, 2.05) is 18.2 Å². The summed E-state index contributed by atoms with van der Waals surface area (Å²) in [5.41, 5.74) is 0.798. The van der Waals surface area contributed by atoms with E-state index in [0.29, 0.717) is 48.4 Å². The summed E-state index contributed by atoms with van der Waals surface area (Å²) in [6.45, 7) is 6.03. The second-order valence-corrected chi connectivity index (χ2v) is 7.67. The first-order chi connectivity index (χ1) is 13.1. The van der Waals surface area contributed by atoms with Crippen LogP contribution in [0.3, 0.4) is 0 Å². The molecule has 3 heterocycles. The molecule has 2 aromatic rings. The van der Waals surface area contributed by atoms with Crippen molar-refractivity contribution < 1.29 is 9.26 Å². The molecule has 152 valence electrons. The Morgan fingerprint density at radius 2 is 2.21 bits per heavy atom. The number of fused-ring (bicyclic) bond motifs is 1. The molecule has 4 rings (SSSR count). The second-order valence-electron chi connectivity index (χ2n) is 7.67. The lowest BCUT2D eigenvalue weighted by molar-refractivity contribution is -0.106. The summed E-state index contributed by atoms with van der Waals surface area (Å²) in [7, 11) is 1.79. The van der Waals surface area contributed by atoms with E-state index >= 15 is 0 Å². The molecule has 0 aromatic carbocycles. The van der Waals surface area contributed by atoms with Crippen molar-refractivity contribution in [2.24, 2.45) is 16.3 Å². The SMILES string of the molecule is CN=C(NCCc1noc(-c2ccccn2)n1)NC1C2CCOC2C1(C)C.I. The number of rotatable bonds is 5. The molecule has 28 heavy (non-hydrogen) atoms. The molecule has 0 spiro atoms. The number of aromatic nitrogens is 3. The van der Waals surface area contributed by atoms with Crippen LogP contribution in [0.4, 0.5) is 0 Å². The zero-order valence-electron chi connectivity index (χ0n) is 16.4. The molecule has 3 atom stereocenters. The first kappa shape index (κ1) is 21.0. The van der Waals surface area contributed by atoms with E-state index < -0.39 is 0 Å². The van der Waals surface area contributed by atoms with Gasteiger partial charge in [-0.05, 0) is 18.6 Å². The highest BCUT2D eigenvalue weighted by Gasteiger charge is 2.59. The summed E-state index contributed by atoms with van der Waals surface area (Å²) in [4.78, 5) is 13.0. The van der Waals surface area contributed by atoms with E-state index in [1.54, 1.807) is 13.2 Å². The first-order valence-electron chi connectivity index (χ1n) is 9.42. The number of nitrogens with zero attached hydrogens (tertiary/aromatic N) is 4. The fourth-order valence-electron chi connectivity index (χ4n) is 4.20. The average molecular weight is 498 g/mol. The van der Waals surface area contributed by atoms with Gasteiger partial charge in [-0.15, -0.1) is 24.0 Å². The van der Waals surface area contributed by atoms with Crippen molar-refractivity contribution in [2.75, 3.05) is 20.2 Å². The van der Waals surface area contributed by atoms with Crippen LogP contribution in [0, 0.1) is 11.3 Å². The van der Waals surface area contributed by atoms with Crippen LogP contribution < -0.4 is 10.6 Å². The zero-order valence-corrected chi connectivity index (χ0v) is 18.7. The Balaban J connectivity index is 0.00000225. The molecule has 3 unspecified atom stereocenters. The van der Waals surface area contributed by atoms with Crippen LogP contribution in [0.1, 0.15) is 26.1 Å². The van der Waals surface area contributed by atoms with Crippen molar-refractivity contribution in [2.45, 2.75) is 38.8 Å². The van der Waals surface area contributed by atoms with Gasteiger partial charge in [0.25, 0.3) is 5.89 Å². The number of pyridine rings is 1. The molecular weight excluding hydrogens is 471 g/mol. The lowest BCUT2D eigenvalue weighted by Crippen LogP contribution is -2.68. The second kappa shape index (κ2) is 8.73. The highest BCUT2D eigenvalue weighted by Crippen LogP contribution is 2.52. The standard InChI is InChI=1S/C19H26N6O2.HI/c1-19(2)15(12-8-11-26-16(12)19)24-18(20-3)22-10-7-14-23-17(27-25-14)13-6-4-5-9-21-13;/h4-6,9,12,15-16H,7-8,10-11H2,1-3H3,(H2,20,22,24);1H. The quantitative estimate of drug-likeness (QED) is 0.371. The minimum absolute atomic E-state index is 0. The summed E-state index contributed by atoms with van der Waals surface area (Å²) in [6, 6.07) is 5.97. The number of nitrogens with one attached hydrogen (secondary N) is 2. The predicted molar refractivity (Wildman–Crippen MR) is 117 cm³/mol. The van der Waals surface area contributed by atoms with E-state index in [-0.39, 0.29) is 29.4 Å². The van der Waals surface area contributed by atoms with Crippen molar-refractivity contribution in [1.29, 1.82) is 0 Å². The van der Waals surface area contributed by atoms with Crippen LogP contribution >= 0.6 is 24.0 Å². The summed E-state index contributed by atoms with van der Waals surface area (Å²) in [5, 5.41) is 10.9. The number of hydrogen-bond donors (Lipinski definition) is 2. The topological polar surface area (TPSA) is 97.5 Å². The van der Waals surface area contributed by atoms with E-state index in [9.17, 15) is 0 Å². The van der Waals surface area contributed by atoms with Crippen molar-refractivity contribution >= 4 is 29.9 Å². The number of ether oxygens (including phenoxy) is 1. The number of guanidine groups is 1. The van der Waals surface area contributed by atoms with E-state index in [1.165, 1.54) is 0 Å². The van der Waals surface area contributed by atoms with Gasteiger partial charge in [-0.25, -0.2) is 0 Å². The fraction of sp³-hybridized carbons (Fsp3) is 0.579. The maximum atomic E-state index is 5.86. The highest BCUT2D eigenvalue weighted by atomic mass is 127. The van der Waals surface area contributed by atoms with Crippen LogP contribution in [0.2, 0.25) is 0 Å². The molecule has 2 aromatic heterocycles. The van der Waals surface area contributed by atoms with E-state index in [0.717, 1.165) is 19.0 Å². The van der Waals surface area contributed by atoms with Gasteiger partial charge in [0, 0.05) is 50.2 Å². The van der Waals surface area contributed by atoms with Gasteiger partial charge < -0.3 is 19.9 Å². The molecule has 8 nitrogen and oxygen atoms in total. The lowest BCUT2D eigenvalue weighted by atomic mass is 9.57. The molecule has 2 fully saturated rings. The summed E-state index contributed by atoms with van der Waals surface area (Å²) >= 11 is 0. The maximum absolute atomic E-state index is 5.86. The Labute approximate surface area is 182 Å². The summed E-state index contributed by atoms with van der Waals surface area (Å²) in [6.07, 6.45) is 3.82. The third kappa shape index (κ3) is 4.00. The lowest BCUT2D eigenvalue weighted by Gasteiger charge is -2.54. The molecule has 2 aliphatic rings. The van der Waals surface area contributed by atoms with Crippen molar-refractivity contribution in [3.8, 4) is 11.6 Å². The Morgan fingerprint density at radius 3 is 2.96 bits per heavy atom.